The molecule has 31 heavy (non-hydrogen) atoms. The number of ether oxygens (including phenoxy) is 2. The number of aliphatic hydroxyl groups is 1. The highest BCUT2D eigenvalue weighted by atomic mass is 16.5. The summed E-state index contributed by atoms with van der Waals surface area (Å²) >= 11 is 0. The van der Waals surface area contributed by atoms with Crippen LogP contribution in [0.15, 0.2) is 42.5 Å². The normalized spacial score (nSPS) is 13.2. The van der Waals surface area contributed by atoms with E-state index >= 15 is 0 Å². The quantitative estimate of drug-likeness (QED) is 0.391. The molecule has 0 aromatic heterocycles. The molecule has 0 heterocycles. The maximum absolute atomic E-state index is 10.3. The van der Waals surface area contributed by atoms with Gasteiger partial charge in [-0.3, -0.25) is 0 Å². The predicted octanol–water partition coefficient (Wildman–Crippen LogP) is 7.07. The van der Waals surface area contributed by atoms with Crippen LogP contribution in [-0.2, 0) is 5.41 Å². The molecule has 0 saturated heterocycles. The van der Waals surface area contributed by atoms with Crippen molar-refractivity contribution in [3.8, 4) is 11.5 Å². The van der Waals surface area contributed by atoms with Gasteiger partial charge in [-0.1, -0.05) is 72.2 Å². The van der Waals surface area contributed by atoms with Crippen LogP contribution in [0.2, 0.25) is 0 Å². The predicted molar refractivity (Wildman–Crippen MR) is 130 cm³/mol. The van der Waals surface area contributed by atoms with Crippen LogP contribution in [0.3, 0.4) is 0 Å². The Balaban J connectivity index is 2.24. The number of rotatable bonds is 11. The topological polar surface area (TPSA) is 38.7 Å². The van der Waals surface area contributed by atoms with Crippen LogP contribution in [0, 0.1) is 12.3 Å². The van der Waals surface area contributed by atoms with E-state index in [1.165, 1.54) is 11.1 Å². The number of hydrogen-bond donors (Lipinski definition) is 1. The average molecular weight is 427 g/mol. The van der Waals surface area contributed by atoms with E-state index in [9.17, 15) is 5.11 Å². The molecule has 1 atom stereocenters. The fraction of sp³-hybridized carbons (Fsp3) is 0.571. The smallest absolute Gasteiger partial charge is 0.122 e. The van der Waals surface area contributed by atoms with Crippen molar-refractivity contribution in [1.82, 2.24) is 0 Å². The fourth-order valence-electron chi connectivity index (χ4n) is 3.97. The summed E-state index contributed by atoms with van der Waals surface area (Å²) in [6.07, 6.45) is 3.75. The zero-order chi connectivity index (χ0) is 23.1. The van der Waals surface area contributed by atoms with Crippen molar-refractivity contribution >= 4 is 0 Å². The summed E-state index contributed by atoms with van der Waals surface area (Å²) < 4.78 is 11.8. The highest BCUT2D eigenvalue weighted by Gasteiger charge is 2.31. The zero-order valence-electron chi connectivity index (χ0n) is 20.6. The third-order valence-corrected chi connectivity index (χ3v) is 6.50. The molecular formula is C28H42O3. The lowest BCUT2D eigenvalue weighted by atomic mass is 9.70. The van der Waals surface area contributed by atoms with Gasteiger partial charge in [0, 0.05) is 5.41 Å². The molecule has 2 aromatic rings. The number of aliphatic hydroxyl groups excluding tert-OH is 1. The van der Waals surface area contributed by atoms with E-state index < -0.39 is 6.10 Å². The molecule has 0 aliphatic carbocycles. The fourth-order valence-corrected chi connectivity index (χ4v) is 3.97. The monoisotopic (exact) mass is 426 g/mol. The SMILES string of the molecule is CCCCOc1ccc(C(CC)(CC)c2ccc(OCC(O)C(C)(C)C)c(C)c2)cc1. The van der Waals surface area contributed by atoms with Gasteiger partial charge in [0.25, 0.3) is 0 Å². The van der Waals surface area contributed by atoms with Crippen molar-refractivity contribution < 1.29 is 14.6 Å². The van der Waals surface area contributed by atoms with E-state index in [0.29, 0.717) is 6.61 Å². The number of unbranched alkanes of at least 4 members (excludes halogenated alkanes) is 1. The van der Waals surface area contributed by atoms with Crippen LogP contribution >= 0.6 is 0 Å². The van der Waals surface area contributed by atoms with Crippen molar-refractivity contribution in [3.05, 3.63) is 59.2 Å². The Morgan fingerprint density at radius 2 is 1.48 bits per heavy atom. The van der Waals surface area contributed by atoms with Crippen LogP contribution in [0.1, 0.15) is 83.9 Å². The Morgan fingerprint density at radius 3 is 2.00 bits per heavy atom. The largest absolute Gasteiger partial charge is 0.494 e. The molecule has 0 fully saturated rings. The van der Waals surface area contributed by atoms with Gasteiger partial charge in [0.15, 0.2) is 0 Å². The second-order valence-electron chi connectivity index (χ2n) is 9.69. The molecule has 0 aliphatic heterocycles. The van der Waals surface area contributed by atoms with E-state index in [1.807, 2.05) is 20.8 Å². The molecule has 3 nitrogen and oxygen atoms in total. The van der Waals surface area contributed by atoms with E-state index in [-0.39, 0.29) is 10.8 Å². The maximum Gasteiger partial charge on any atom is 0.122 e. The van der Waals surface area contributed by atoms with Crippen LogP contribution in [-0.4, -0.2) is 24.4 Å². The van der Waals surface area contributed by atoms with Crippen molar-refractivity contribution in [2.45, 2.75) is 85.7 Å². The van der Waals surface area contributed by atoms with Crippen molar-refractivity contribution in [3.63, 3.8) is 0 Å². The molecule has 0 saturated carbocycles. The summed E-state index contributed by atoms with van der Waals surface area (Å²) in [5.74, 6) is 1.78. The minimum atomic E-state index is -0.505. The maximum atomic E-state index is 10.3. The Kier molecular flexibility index (Phi) is 9.00. The van der Waals surface area contributed by atoms with Crippen LogP contribution in [0.5, 0.6) is 11.5 Å². The molecule has 0 aliphatic rings. The Hall–Kier alpha value is -2.00. The lowest BCUT2D eigenvalue weighted by Gasteiger charge is -2.34. The van der Waals surface area contributed by atoms with Gasteiger partial charge in [0.2, 0.25) is 0 Å². The lowest BCUT2D eigenvalue weighted by Crippen LogP contribution is -2.32. The third kappa shape index (κ3) is 6.26. The molecule has 2 rings (SSSR count). The summed E-state index contributed by atoms with van der Waals surface area (Å²) in [5, 5.41) is 10.3. The molecule has 172 valence electrons. The van der Waals surface area contributed by atoms with E-state index in [0.717, 1.165) is 49.4 Å². The van der Waals surface area contributed by atoms with Gasteiger partial charge in [-0.2, -0.15) is 0 Å². The number of aryl methyl sites for hydroxylation is 1. The molecule has 0 radical (unpaired) electrons. The van der Waals surface area contributed by atoms with Crippen LogP contribution < -0.4 is 9.47 Å². The highest BCUT2D eigenvalue weighted by molar-refractivity contribution is 5.46. The minimum Gasteiger partial charge on any atom is -0.494 e. The minimum absolute atomic E-state index is 0.0455. The standard InChI is InChI=1S/C28H42O3/c1-8-11-18-30-24-15-12-22(13-16-24)28(9-2,10-3)23-14-17-25(21(4)19-23)31-20-26(29)27(5,6)7/h12-17,19,26,29H,8-11,18,20H2,1-7H3. The van der Waals surface area contributed by atoms with Crippen molar-refractivity contribution in [2.75, 3.05) is 13.2 Å². The molecule has 0 bridgehead atoms. The van der Waals surface area contributed by atoms with Crippen molar-refractivity contribution in [2.24, 2.45) is 5.41 Å². The summed E-state index contributed by atoms with van der Waals surface area (Å²) in [4.78, 5) is 0. The van der Waals surface area contributed by atoms with Gasteiger partial charge in [-0.05, 0) is 66.5 Å². The number of benzene rings is 2. The van der Waals surface area contributed by atoms with E-state index in [2.05, 4.69) is 70.2 Å². The molecule has 0 amide bonds. The van der Waals surface area contributed by atoms with Gasteiger partial charge < -0.3 is 14.6 Å². The molecule has 2 aromatic carbocycles. The Labute approximate surface area is 189 Å². The van der Waals surface area contributed by atoms with Crippen molar-refractivity contribution in [1.29, 1.82) is 0 Å². The van der Waals surface area contributed by atoms with E-state index in [4.69, 9.17) is 9.47 Å². The second kappa shape index (κ2) is 11.0. The second-order valence-corrected chi connectivity index (χ2v) is 9.69. The lowest BCUT2D eigenvalue weighted by molar-refractivity contribution is 0.0216. The first-order valence-corrected chi connectivity index (χ1v) is 11.8. The van der Waals surface area contributed by atoms with Crippen LogP contribution in [0.25, 0.3) is 0 Å². The molecule has 0 spiro atoms. The van der Waals surface area contributed by atoms with Gasteiger partial charge in [0.05, 0.1) is 12.7 Å². The Morgan fingerprint density at radius 1 is 0.871 bits per heavy atom. The summed E-state index contributed by atoms with van der Waals surface area (Å²) in [5.41, 5.74) is 3.48. The first-order valence-electron chi connectivity index (χ1n) is 11.8. The Bertz CT molecular complexity index is 798. The first kappa shape index (κ1) is 25.3. The third-order valence-electron chi connectivity index (χ3n) is 6.50. The average Bonchev–Trinajstić information content (AvgIpc) is 2.74. The first-order chi connectivity index (χ1) is 14.7. The molecule has 3 heteroatoms. The molecular weight excluding hydrogens is 384 g/mol. The molecule has 1 unspecified atom stereocenters. The van der Waals surface area contributed by atoms with Gasteiger partial charge in [-0.15, -0.1) is 0 Å². The summed E-state index contributed by atoms with van der Waals surface area (Å²) in [6.45, 7) is 15.9. The summed E-state index contributed by atoms with van der Waals surface area (Å²) in [6, 6.07) is 15.1. The van der Waals surface area contributed by atoms with Gasteiger partial charge in [0.1, 0.15) is 18.1 Å². The van der Waals surface area contributed by atoms with Gasteiger partial charge >= 0.3 is 0 Å². The number of hydrogen-bond acceptors (Lipinski definition) is 3. The zero-order valence-corrected chi connectivity index (χ0v) is 20.6. The molecule has 1 N–H and O–H groups in total. The van der Waals surface area contributed by atoms with Gasteiger partial charge in [-0.25, -0.2) is 0 Å². The van der Waals surface area contributed by atoms with Crippen LogP contribution in [0.4, 0.5) is 0 Å². The summed E-state index contributed by atoms with van der Waals surface area (Å²) in [7, 11) is 0. The van der Waals surface area contributed by atoms with E-state index in [1.54, 1.807) is 0 Å². The highest BCUT2D eigenvalue weighted by Crippen LogP contribution is 2.40.